The molecule has 4 heterocycles. The van der Waals surface area contributed by atoms with E-state index in [0.717, 1.165) is 30.3 Å². The van der Waals surface area contributed by atoms with Gasteiger partial charge in [0.05, 0.1) is 6.54 Å². The van der Waals surface area contributed by atoms with Crippen molar-refractivity contribution >= 4 is 23.1 Å². The van der Waals surface area contributed by atoms with E-state index in [1.54, 1.807) is 12.3 Å². The van der Waals surface area contributed by atoms with E-state index in [4.69, 9.17) is 4.42 Å². The zero-order valence-corrected chi connectivity index (χ0v) is 18.0. The van der Waals surface area contributed by atoms with Crippen LogP contribution in [-0.2, 0) is 4.79 Å². The molecule has 1 aliphatic heterocycles. The average molecular weight is 427 g/mol. The van der Waals surface area contributed by atoms with Crippen LogP contribution >= 0.6 is 11.3 Å². The summed E-state index contributed by atoms with van der Waals surface area (Å²) >= 11 is 1.48. The number of carbonyl (C=O) groups is 1. The van der Waals surface area contributed by atoms with Gasteiger partial charge in [-0.3, -0.25) is 4.79 Å². The zero-order chi connectivity index (χ0) is 20.9. The quantitative estimate of drug-likeness (QED) is 0.534. The lowest BCUT2D eigenvalue weighted by molar-refractivity contribution is -0.115. The largest absolute Gasteiger partial charge is 0.458 e. The van der Waals surface area contributed by atoms with E-state index in [1.165, 1.54) is 24.2 Å². The molecule has 3 aromatic heterocycles. The van der Waals surface area contributed by atoms with Crippen molar-refractivity contribution in [1.29, 1.82) is 0 Å². The number of hydrogen-bond acceptors (Lipinski definition) is 8. The maximum Gasteiger partial charge on any atom is 0.239 e. The lowest BCUT2D eigenvalue weighted by Gasteiger charge is -2.19. The second-order valence-corrected chi connectivity index (χ2v) is 8.39. The number of aromatic nitrogens is 3. The second kappa shape index (κ2) is 9.46. The average Bonchev–Trinajstić information content (AvgIpc) is 3.48. The highest BCUT2D eigenvalue weighted by Crippen LogP contribution is 2.26. The van der Waals surface area contributed by atoms with Gasteiger partial charge in [0.15, 0.2) is 11.6 Å². The minimum absolute atomic E-state index is 0.139. The Morgan fingerprint density at radius 1 is 1.37 bits per heavy atom. The fraction of sp³-hybridized carbons (Fsp3) is 0.429. The lowest BCUT2D eigenvalue weighted by atomic mass is 10.1. The van der Waals surface area contributed by atoms with Crippen LogP contribution in [0.3, 0.4) is 0 Å². The van der Waals surface area contributed by atoms with Crippen molar-refractivity contribution < 1.29 is 9.21 Å². The highest BCUT2D eigenvalue weighted by Gasteiger charge is 2.20. The van der Waals surface area contributed by atoms with Gasteiger partial charge in [0.1, 0.15) is 22.3 Å². The number of carbonyl (C=O) groups excluding carboxylic acids is 1. The van der Waals surface area contributed by atoms with Gasteiger partial charge in [-0.05, 0) is 58.5 Å². The SMILES string of the molecule is Cc1ccc(-c2nc(NC(=O)CNCCC3CCCN3C)cc(-c3nccs3)n2)o1. The molecule has 1 unspecified atom stereocenters. The molecule has 2 N–H and O–H groups in total. The van der Waals surface area contributed by atoms with E-state index in [-0.39, 0.29) is 12.5 Å². The molecule has 0 aliphatic carbocycles. The molecule has 0 bridgehead atoms. The fourth-order valence-corrected chi connectivity index (χ4v) is 4.23. The van der Waals surface area contributed by atoms with E-state index in [9.17, 15) is 4.79 Å². The van der Waals surface area contributed by atoms with E-state index >= 15 is 0 Å². The molecule has 30 heavy (non-hydrogen) atoms. The molecule has 0 aromatic carbocycles. The molecular formula is C21H26N6O2S. The molecular weight excluding hydrogens is 400 g/mol. The van der Waals surface area contributed by atoms with Gasteiger partial charge in [-0.25, -0.2) is 15.0 Å². The number of likely N-dealkylation sites (tertiary alicyclic amines) is 1. The van der Waals surface area contributed by atoms with Crippen LogP contribution in [0, 0.1) is 6.92 Å². The van der Waals surface area contributed by atoms with Crippen molar-refractivity contribution in [2.75, 3.05) is 32.0 Å². The Morgan fingerprint density at radius 2 is 2.27 bits per heavy atom. The number of furan rings is 1. The number of aryl methyl sites for hydroxylation is 1. The smallest absolute Gasteiger partial charge is 0.239 e. The summed E-state index contributed by atoms with van der Waals surface area (Å²) in [6.45, 7) is 4.08. The van der Waals surface area contributed by atoms with E-state index < -0.39 is 0 Å². The van der Waals surface area contributed by atoms with Gasteiger partial charge in [-0.1, -0.05) is 0 Å². The Morgan fingerprint density at radius 3 is 2.97 bits per heavy atom. The first-order valence-corrected chi connectivity index (χ1v) is 11.0. The third-order valence-corrected chi connectivity index (χ3v) is 6.01. The summed E-state index contributed by atoms with van der Waals surface area (Å²) in [5, 5.41) is 8.75. The Labute approximate surface area is 179 Å². The number of thiazole rings is 1. The number of rotatable bonds is 8. The second-order valence-electron chi connectivity index (χ2n) is 7.50. The van der Waals surface area contributed by atoms with Crippen molar-refractivity contribution in [2.45, 2.75) is 32.2 Å². The highest BCUT2D eigenvalue weighted by atomic mass is 32.1. The molecule has 1 amide bonds. The minimum atomic E-state index is -0.139. The van der Waals surface area contributed by atoms with Gasteiger partial charge >= 0.3 is 0 Å². The summed E-state index contributed by atoms with van der Waals surface area (Å²) in [5.41, 5.74) is 0.650. The summed E-state index contributed by atoms with van der Waals surface area (Å²) in [4.78, 5) is 28.2. The van der Waals surface area contributed by atoms with E-state index in [2.05, 4.69) is 37.5 Å². The zero-order valence-electron chi connectivity index (χ0n) is 17.2. The van der Waals surface area contributed by atoms with Crippen LogP contribution in [0.4, 0.5) is 5.82 Å². The van der Waals surface area contributed by atoms with Gasteiger partial charge < -0.3 is 20.0 Å². The summed E-state index contributed by atoms with van der Waals surface area (Å²) < 4.78 is 5.67. The topological polar surface area (TPSA) is 96.2 Å². The standard InChI is InChI=1S/C21H26N6O2S/c1-14-5-6-17(29-14)20-24-16(21-23-9-11-30-21)12-18(26-20)25-19(28)13-22-8-7-15-4-3-10-27(15)2/h5-6,9,11-12,15,22H,3-4,7-8,10,13H2,1-2H3,(H,24,25,26,28). The van der Waals surface area contributed by atoms with E-state index in [1.807, 2.05) is 24.4 Å². The summed E-state index contributed by atoms with van der Waals surface area (Å²) in [7, 11) is 2.16. The summed E-state index contributed by atoms with van der Waals surface area (Å²) in [5.74, 6) is 2.04. The number of nitrogens with zero attached hydrogens (tertiary/aromatic N) is 4. The Bertz CT molecular complexity index is 987. The molecule has 9 heteroatoms. The summed E-state index contributed by atoms with van der Waals surface area (Å²) in [6, 6.07) is 6.04. The number of amides is 1. The maximum absolute atomic E-state index is 12.4. The van der Waals surface area contributed by atoms with Crippen molar-refractivity contribution in [3.63, 3.8) is 0 Å². The Kier molecular flexibility index (Phi) is 6.51. The van der Waals surface area contributed by atoms with Gasteiger partial charge in [0, 0.05) is 23.7 Å². The first-order valence-electron chi connectivity index (χ1n) is 10.1. The first-order chi connectivity index (χ1) is 14.6. The van der Waals surface area contributed by atoms with Crippen LogP contribution in [0.5, 0.6) is 0 Å². The normalized spacial score (nSPS) is 16.8. The third kappa shape index (κ3) is 5.10. The molecule has 0 spiro atoms. The number of anilines is 1. The van der Waals surface area contributed by atoms with Crippen LogP contribution in [0.15, 0.2) is 34.2 Å². The molecule has 1 fully saturated rings. The monoisotopic (exact) mass is 426 g/mol. The maximum atomic E-state index is 12.4. The van der Waals surface area contributed by atoms with Gasteiger partial charge in [0.2, 0.25) is 5.91 Å². The van der Waals surface area contributed by atoms with Gasteiger partial charge in [0.25, 0.3) is 0 Å². The van der Waals surface area contributed by atoms with Gasteiger partial charge in [-0.15, -0.1) is 11.3 Å². The van der Waals surface area contributed by atoms with Crippen LogP contribution in [-0.4, -0.2) is 58.5 Å². The minimum Gasteiger partial charge on any atom is -0.458 e. The van der Waals surface area contributed by atoms with Crippen LogP contribution in [0.25, 0.3) is 22.3 Å². The molecule has 8 nitrogen and oxygen atoms in total. The lowest BCUT2D eigenvalue weighted by Crippen LogP contribution is -2.33. The first kappa shape index (κ1) is 20.6. The molecule has 0 radical (unpaired) electrons. The van der Waals surface area contributed by atoms with Crippen LogP contribution in [0.1, 0.15) is 25.0 Å². The van der Waals surface area contributed by atoms with Crippen molar-refractivity contribution in [3.05, 3.63) is 35.5 Å². The third-order valence-electron chi connectivity index (χ3n) is 5.22. The van der Waals surface area contributed by atoms with Crippen molar-refractivity contribution in [1.82, 2.24) is 25.2 Å². The van der Waals surface area contributed by atoms with Gasteiger partial charge in [-0.2, -0.15) is 0 Å². The van der Waals surface area contributed by atoms with Crippen molar-refractivity contribution in [3.8, 4) is 22.3 Å². The number of hydrogen-bond donors (Lipinski definition) is 2. The summed E-state index contributed by atoms with van der Waals surface area (Å²) in [6.07, 6.45) is 5.27. The Hall–Kier alpha value is -2.62. The molecule has 1 aliphatic rings. The van der Waals surface area contributed by atoms with Crippen LogP contribution < -0.4 is 10.6 Å². The van der Waals surface area contributed by atoms with Crippen LogP contribution in [0.2, 0.25) is 0 Å². The molecule has 0 saturated carbocycles. The molecule has 3 aromatic rings. The molecule has 1 atom stereocenters. The highest BCUT2D eigenvalue weighted by molar-refractivity contribution is 7.13. The molecule has 158 valence electrons. The molecule has 4 rings (SSSR count). The predicted octanol–water partition coefficient (Wildman–Crippen LogP) is 3.18. The fourth-order valence-electron chi connectivity index (χ4n) is 3.64. The predicted molar refractivity (Wildman–Crippen MR) is 117 cm³/mol. The number of nitrogens with one attached hydrogen (secondary N) is 2. The van der Waals surface area contributed by atoms with Crippen molar-refractivity contribution in [2.24, 2.45) is 0 Å². The Balaban J connectivity index is 1.41. The van der Waals surface area contributed by atoms with E-state index in [0.29, 0.717) is 29.1 Å². The molecule has 1 saturated heterocycles.